The average Bonchev–Trinajstić information content (AvgIpc) is 3.31. The SMILES string of the molecule is CCCCCCCC(=O)OC(C)OC(=O)N1CCN2c3c(cccc31)[C@@H]1CN(CCCC(=O)c3ccc(F)cc3)CC[C@@H]12. The number of piperidine rings is 1. The van der Waals surface area contributed by atoms with Gasteiger partial charge < -0.3 is 19.3 Å². The molecule has 2 aromatic rings. The van der Waals surface area contributed by atoms with E-state index in [1.807, 2.05) is 12.1 Å². The van der Waals surface area contributed by atoms with E-state index in [-0.39, 0.29) is 17.6 Å². The molecule has 0 radical (unpaired) electrons. The Balaban J connectivity index is 1.15. The van der Waals surface area contributed by atoms with Gasteiger partial charge in [-0.15, -0.1) is 0 Å². The van der Waals surface area contributed by atoms with Crippen molar-refractivity contribution in [2.45, 2.75) is 89.9 Å². The maximum Gasteiger partial charge on any atom is 0.417 e. The minimum Gasteiger partial charge on any atom is -0.425 e. The lowest BCUT2D eigenvalue weighted by Crippen LogP contribution is -2.51. The summed E-state index contributed by atoms with van der Waals surface area (Å²) in [5.74, 6) is -0.307. The number of para-hydroxylation sites is 1. The van der Waals surface area contributed by atoms with Crippen molar-refractivity contribution in [2.75, 3.05) is 42.5 Å². The maximum absolute atomic E-state index is 13.2. The van der Waals surface area contributed by atoms with Crippen molar-refractivity contribution in [1.82, 2.24) is 4.90 Å². The third-order valence-corrected chi connectivity index (χ3v) is 8.96. The van der Waals surface area contributed by atoms with Gasteiger partial charge in [0.15, 0.2) is 5.78 Å². The second kappa shape index (κ2) is 14.3. The monoisotopic (exact) mass is 593 g/mol. The Bertz CT molecular complexity index is 1290. The number of halogens is 1. The van der Waals surface area contributed by atoms with Crippen LogP contribution < -0.4 is 9.80 Å². The molecule has 1 amide bonds. The molecule has 3 aliphatic rings. The first-order valence-corrected chi connectivity index (χ1v) is 15.9. The number of esters is 1. The van der Waals surface area contributed by atoms with E-state index in [9.17, 15) is 18.8 Å². The highest BCUT2D eigenvalue weighted by molar-refractivity contribution is 5.96. The fourth-order valence-electron chi connectivity index (χ4n) is 6.82. The van der Waals surface area contributed by atoms with Crippen LogP contribution in [0.1, 0.15) is 93.5 Å². The fourth-order valence-corrected chi connectivity index (χ4v) is 6.82. The van der Waals surface area contributed by atoms with Crippen LogP contribution >= 0.6 is 0 Å². The molecule has 1 fully saturated rings. The summed E-state index contributed by atoms with van der Waals surface area (Å²) in [5, 5.41) is 0. The Hall–Kier alpha value is -3.46. The highest BCUT2D eigenvalue weighted by Crippen LogP contribution is 2.50. The molecule has 0 bridgehead atoms. The second-order valence-corrected chi connectivity index (χ2v) is 12.0. The first-order chi connectivity index (χ1) is 20.9. The summed E-state index contributed by atoms with van der Waals surface area (Å²) in [4.78, 5) is 44.5. The number of Topliss-reactive ketones (excluding diaryl/α,β-unsaturated/α-hetero) is 1. The van der Waals surface area contributed by atoms with E-state index in [0.29, 0.717) is 36.9 Å². The standard InChI is InChI=1S/C34H44FN3O5/c1-3-4-5-6-7-13-32(40)42-24(2)43-34(41)38-22-21-37-29-18-20-36(23-28(29)27-10-8-11-30(38)33(27)37)19-9-12-31(39)25-14-16-26(35)17-15-25/h8,10-11,14-17,24,28-29H,3-7,9,12-13,18-23H2,1-2H3/t24?,28-,29-/m0/s1. The van der Waals surface area contributed by atoms with Gasteiger partial charge in [-0.25, -0.2) is 9.18 Å². The Morgan fingerprint density at radius 1 is 0.930 bits per heavy atom. The zero-order chi connectivity index (χ0) is 30.3. The summed E-state index contributed by atoms with van der Waals surface area (Å²) >= 11 is 0. The highest BCUT2D eigenvalue weighted by atomic mass is 19.1. The number of benzene rings is 2. The summed E-state index contributed by atoms with van der Waals surface area (Å²) in [7, 11) is 0. The average molecular weight is 594 g/mol. The van der Waals surface area contributed by atoms with Gasteiger partial charge in [0.1, 0.15) is 5.82 Å². The number of hydrogen-bond donors (Lipinski definition) is 0. The van der Waals surface area contributed by atoms with Gasteiger partial charge in [0.2, 0.25) is 6.29 Å². The van der Waals surface area contributed by atoms with E-state index in [1.165, 1.54) is 24.1 Å². The van der Waals surface area contributed by atoms with Crippen LogP contribution in [0.25, 0.3) is 0 Å². The maximum atomic E-state index is 13.2. The number of amides is 1. The Kier molecular flexibility index (Phi) is 10.3. The highest BCUT2D eigenvalue weighted by Gasteiger charge is 2.46. The van der Waals surface area contributed by atoms with Gasteiger partial charge in [0.05, 0.1) is 11.4 Å². The van der Waals surface area contributed by atoms with E-state index >= 15 is 0 Å². The van der Waals surface area contributed by atoms with Crippen LogP contribution in [0.15, 0.2) is 42.5 Å². The summed E-state index contributed by atoms with van der Waals surface area (Å²) in [6.45, 7) is 7.66. The number of fused-ring (bicyclic) bond motifs is 3. The third-order valence-electron chi connectivity index (χ3n) is 8.96. The number of hydrogen-bond acceptors (Lipinski definition) is 7. The summed E-state index contributed by atoms with van der Waals surface area (Å²) < 4.78 is 24.1. The number of carbonyl (C=O) groups excluding carboxylic acids is 3. The Morgan fingerprint density at radius 3 is 2.51 bits per heavy atom. The number of likely N-dealkylation sites (tertiary alicyclic amines) is 1. The number of ether oxygens (including phenoxy) is 2. The zero-order valence-electron chi connectivity index (χ0n) is 25.4. The molecular formula is C34H44FN3O5. The molecule has 43 heavy (non-hydrogen) atoms. The van der Waals surface area contributed by atoms with Crippen molar-refractivity contribution < 1.29 is 28.2 Å². The summed E-state index contributed by atoms with van der Waals surface area (Å²) in [6.07, 6.45) is 6.31. The Morgan fingerprint density at radius 2 is 1.72 bits per heavy atom. The molecule has 0 aromatic heterocycles. The van der Waals surface area contributed by atoms with Crippen LogP contribution in [0, 0.1) is 5.82 Å². The molecule has 0 N–H and O–H groups in total. The second-order valence-electron chi connectivity index (χ2n) is 12.0. The van der Waals surface area contributed by atoms with Crippen LogP contribution in [0.3, 0.4) is 0 Å². The number of unbranched alkanes of at least 4 members (excludes halogenated alkanes) is 4. The van der Waals surface area contributed by atoms with Crippen molar-refractivity contribution in [2.24, 2.45) is 0 Å². The largest absolute Gasteiger partial charge is 0.425 e. The van der Waals surface area contributed by atoms with Crippen LogP contribution in [0.5, 0.6) is 0 Å². The van der Waals surface area contributed by atoms with Crippen LogP contribution in [-0.4, -0.2) is 67.8 Å². The number of carbonyl (C=O) groups is 3. The lowest BCUT2D eigenvalue weighted by atomic mass is 9.89. The lowest BCUT2D eigenvalue weighted by molar-refractivity contribution is -0.164. The zero-order valence-corrected chi connectivity index (χ0v) is 25.4. The molecule has 3 heterocycles. The van der Waals surface area contributed by atoms with Gasteiger partial charge in [-0.1, -0.05) is 44.7 Å². The summed E-state index contributed by atoms with van der Waals surface area (Å²) in [6, 6.07) is 12.3. The predicted molar refractivity (Wildman–Crippen MR) is 164 cm³/mol. The minimum absolute atomic E-state index is 0.0428. The van der Waals surface area contributed by atoms with Gasteiger partial charge in [0.25, 0.3) is 0 Å². The molecule has 0 saturated carbocycles. The smallest absolute Gasteiger partial charge is 0.417 e. The molecular weight excluding hydrogens is 549 g/mol. The number of anilines is 2. The van der Waals surface area contributed by atoms with E-state index in [0.717, 1.165) is 76.1 Å². The number of rotatable bonds is 13. The van der Waals surface area contributed by atoms with Gasteiger partial charge >= 0.3 is 12.1 Å². The number of nitrogens with zero attached hydrogens (tertiary/aromatic N) is 3. The molecule has 8 nitrogen and oxygen atoms in total. The Labute approximate surface area is 254 Å². The fraction of sp³-hybridized carbons (Fsp3) is 0.559. The predicted octanol–water partition coefficient (Wildman–Crippen LogP) is 6.67. The van der Waals surface area contributed by atoms with Crippen molar-refractivity contribution >= 4 is 29.2 Å². The minimum atomic E-state index is -0.948. The molecule has 232 valence electrons. The van der Waals surface area contributed by atoms with Crippen molar-refractivity contribution in [3.05, 3.63) is 59.4 Å². The molecule has 9 heteroatoms. The molecule has 1 unspecified atom stereocenters. The lowest BCUT2D eigenvalue weighted by Gasteiger charge is -2.41. The van der Waals surface area contributed by atoms with Gasteiger partial charge in [-0.05, 0) is 61.7 Å². The van der Waals surface area contributed by atoms with Crippen molar-refractivity contribution in [3.8, 4) is 0 Å². The van der Waals surface area contributed by atoms with Gasteiger partial charge in [-0.3, -0.25) is 14.5 Å². The number of ketones is 1. The molecule has 5 rings (SSSR count). The van der Waals surface area contributed by atoms with E-state index in [2.05, 4.69) is 22.8 Å². The first-order valence-electron chi connectivity index (χ1n) is 15.9. The molecule has 3 aliphatic heterocycles. The molecule has 0 aliphatic carbocycles. The van der Waals surface area contributed by atoms with Crippen LogP contribution in [0.2, 0.25) is 0 Å². The quantitative estimate of drug-likeness (QED) is 0.111. The van der Waals surface area contributed by atoms with Crippen LogP contribution in [-0.2, 0) is 14.3 Å². The first kappa shape index (κ1) is 31.0. The topological polar surface area (TPSA) is 79.4 Å². The van der Waals surface area contributed by atoms with Crippen molar-refractivity contribution in [1.29, 1.82) is 0 Å². The molecule has 1 saturated heterocycles. The normalized spacial score (nSPS) is 19.9. The van der Waals surface area contributed by atoms with Crippen molar-refractivity contribution in [3.63, 3.8) is 0 Å². The third kappa shape index (κ3) is 7.37. The van der Waals surface area contributed by atoms with Gasteiger partial charge in [0, 0.05) is 63.5 Å². The van der Waals surface area contributed by atoms with Crippen LogP contribution in [0.4, 0.5) is 20.6 Å². The van der Waals surface area contributed by atoms with E-state index < -0.39 is 12.4 Å². The van der Waals surface area contributed by atoms with Gasteiger partial charge in [-0.2, -0.15) is 0 Å². The summed E-state index contributed by atoms with van der Waals surface area (Å²) in [5.41, 5.74) is 3.74. The molecule has 3 atom stereocenters. The molecule has 2 aromatic carbocycles. The van der Waals surface area contributed by atoms with E-state index in [1.54, 1.807) is 24.0 Å². The van der Waals surface area contributed by atoms with E-state index in [4.69, 9.17) is 9.47 Å². The molecule has 0 spiro atoms.